The highest BCUT2D eigenvalue weighted by Gasteiger charge is 2.26. The van der Waals surface area contributed by atoms with Crippen LogP contribution < -0.4 is 11.3 Å². The zero-order valence-electron chi connectivity index (χ0n) is 17.2. The van der Waals surface area contributed by atoms with Crippen LogP contribution in [-0.2, 0) is 9.47 Å². The summed E-state index contributed by atoms with van der Waals surface area (Å²) in [5.74, 6) is -1.22. The molecule has 0 atom stereocenters. The number of azo groups is 1. The number of carbonyl (C=O) groups excluding carboxylic acids is 2. The number of carbonyl (C=O) groups is 2. The molecule has 0 bridgehead atoms. The molecule has 0 saturated heterocycles. The lowest BCUT2D eigenvalue weighted by Crippen LogP contribution is -2.13. The van der Waals surface area contributed by atoms with Crippen molar-refractivity contribution in [3.05, 3.63) is 56.7 Å². The van der Waals surface area contributed by atoms with Crippen LogP contribution in [0, 0.1) is 6.92 Å². The number of H-pyrrole nitrogens is 1. The molecule has 1 aromatic carbocycles. The third kappa shape index (κ3) is 4.40. The van der Waals surface area contributed by atoms with Crippen molar-refractivity contribution < 1.29 is 19.1 Å². The molecular formula is C20H21N5O5S. The molecule has 10 nitrogen and oxygen atoms in total. The van der Waals surface area contributed by atoms with Crippen LogP contribution in [0.15, 0.2) is 45.4 Å². The van der Waals surface area contributed by atoms with Gasteiger partial charge in [0.1, 0.15) is 16.3 Å². The molecular weight excluding hydrogens is 422 g/mol. The van der Waals surface area contributed by atoms with Gasteiger partial charge < -0.3 is 15.2 Å². The number of esters is 2. The Balaban J connectivity index is 2.05. The van der Waals surface area contributed by atoms with Crippen molar-refractivity contribution in [3.8, 4) is 5.69 Å². The number of benzene rings is 1. The van der Waals surface area contributed by atoms with Crippen LogP contribution in [0.25, 0.3) is 5.69 Å². The summed E-state index contributed by atoms with van der Waals surface area (Å²) in [7, 11) is 0. The summed E-state index contributed by atoms with van der Waals surface area (Å²) in [6, 6.07) is 8.82. The molecule has 2 heterocycles. The van der Waals surface area contributed by atoms with Gasteiger partial charge in [-0.05, 0) is 38.5 Å². The Morgan fingerprint density at radius 3 is 2.39 bits per heavy atom. The van der Waals surface area contributed by atoms with Crippen molar-refractivity contribution in [1.29, 1.82) is 0 Å². The molecule has 0 aliphatic rings. The molecule has 0 fully saturated rings. The number of ether oxygens (including phenoxy) is 2. The lowest BCUT2D eigenvalue weighted by Gasteiger charge is -2.02. The number of aromatic nitrogens is 2. The summed E-state index contributed by atoms with van der Waals surface area (Å²) < 4.78 is 11.4. The van der Waals surface area contributed by atoms with E-state index in [0.29, 0.717) is 11.3 Å². The van der Waals surface area contributed by atoms with Crippen molar-refractivity contribution in [2.75, 3.05) is 18.9 Å². The van der Waals surface area contributed by atoms with E-state index in [0.717, 1.165) is 11.3 Å². The number of nitrogens with one attached hydrogen (secondary N) is 1. The predicted molar refractivity (Wildman–Crippen MR) is 116 cm³/mol. The normalized spacial score (nSPS) is 11.1. The zero-order valence-corrected chi connectivity index (χ0v) is 18.0. The Kier molecular flexibility index (Phi) is 6.65. The van der Waals surface area contributed by atoms with Gasteiger partial charge in [0, 0.05) is 0 Å². The maximum absolute atomic E-state index is 12.7. The lowest BCUT2D eigenvalue weighted by atomic mass is 10.1. The fourth-order valence-corrected chi connectivity index (χ4v) is 3.81. The van der Waals surface area contributed by atoms with Crippen LogP contribution in [-0.4, -0.2) is 34.9 Å². The second-order valence-corrected chi connectivity index (χ2v) is 7.23. The first-order chi connectivity index (χ1) is 14.9. The van der Waals surface area contributed by atoms with E-state index >= 15 is 0 Å². The Bertz CT molecular complexity index is 1190. The average molecular weight is 443 g/mol. The smallest absolute Gasteiger partial charge is 0.348 e. The topological polar surface area (TPSA) is 141 Å². The summed E-state index contributed by atoms with van der Waals surface area (Å²) in [6.45, 7) is 5.27. The molecule has 0 unspecified atom stereocenters. The van der Waals surface area contributed by atoms with Gasteiger partial charge >= 0.3 is 17.5 Å². The summed E-state index contributed by atoms with van der Waals surface area (Å²) in [6.07, 6.45) is 0. The van der Waals surface area contributed by atoms with Gasteiger partial charge in [-0.25, -0.2) is 14.3 Å². The van der Waals surface area contributed by atoms with E-state index in [2.05, 4.69) is 15.3 Å². The first kappa shape index (κ1) is 22.0. The van der Waals surface area contributed by atoms with Gasteiger partial charge in [-0.3, -0.25) is 9.89 Å². The van der Waals surface area contributed by atoms with E-state index < -0.39 is 17.5 Å². The van der Waals surface area contributed by atoms with Crippen LogP contribution in [0.4, 0.5) is 16.5 Å². The minimum atomic E-state index is -0.649. The van der Waals surface area contributed by atoms with Gasteiger partial charge in [-0.1, -0.05) is 18.2 Å². The number of nitrogens with zero attached hydrogens (tertiary/aromatic N) is 3. The molecule has 3 aromatic rings. The SMILES string of the molecule is CCOC(=O)c1sc(N=Nc2c(N)[nH]n(-c3ccccc3)c2=O)c(C(=O)OCC)c1C. The van der Waals surface area contributed by atoms with E-state index in [1.165, 1.54) is 4.68 Å². The summed E-state index contributed by atoms with van der Waals surface area (Å²) in [5, 5.41) is 10.9. The largest absolute Gasteiger partial charge is 0.462 e. The van der Waals surface area contributed by atoms with Gasteiger partial charge in [0.05, 0.1) is 18.9 Å². The van der Waals surface area contributed by atoms with Gasteiger partial charge in [0.2, 0.25) is 0 Å². The number of nitrogens with two attached hydrogens (primary N) is 1. The average Bonchev–Trinajstić information content (AvgIpc) is 3.23. The molecule has 11 heteroatoms. The van der Waals surface area contributed by atoms with Crippen LogP contribution >= 0.6 is 11.3 Å². The number of hydrogen-bond donors (Lipinski definition) is 2. The Morgan fingerprint density at radius 2 is 1.74 bits per heavy atom. The molecule has 3 rings (SSSR count). The summed E-state index contributed by atoms with van der Waals surface area (Å²) >= 11 is 0.927. The number of para-hydroxylation sites is 1. The standard InChI is InChI=1S/C20H21N5O5S/c1-4-29-19(27)13-11(3)15(20(28)30-5-2)31-17(13)23-22-14-16(21)24-25(18(14)26)12-9-7-6-8-10-12/h6-10,24H,4-5,21H2,1-3H3. The minimum Gasteiger partial charge on any atom is -0.462 e. The lowest BCUT2D eigenvalue weighted by molar-refractivity contribution is 0.0527. The van der Waals surface area contributed by atoms with E-state index in [9.17, 15) is 14.4 Å². The van der Waals surface area contributed by atoms with Gasteiger partial charge in [-0.2, -0.15) is 0 Å². The Morgan fingerprint density at radius 1 is 1.10 bits per heavy atom. The van der Waals surface area contributed by atoms with E-state index in [4.69, 9.17) is 15.2 Å². The van der Waals surface area contributed by atoms with E-state index in [1.54, 1.807) is 45.0 Å². The number of nitrogen functional groups attached to an aromatic ring is 1. The molecule has 162 valence electrons. The third-order valence-corrected chi connectivity index (χ3v) is 5.37. The molecule has 31 heavy (non-hydrogen) atoms. The van der Waals surface area contributed by atoms with Crippen molar-refractivity contribution in [3.63, 3.8) is 0 Å². The fourth-order valence-electron chi connectivity index (χ4n) is 2.80. The quantitative estimate of drug-likeness (QED) is 0.419. The highest BCUT2D eigenvalue weighted by atomic mass is 32.1. The molecule has 0 aliphatic carbocycles. The summed E-state index contributed by atoms with van der Waals surface area (Å²) in [5.41, 5.74) is 6.33. The fraction of sp³-hybridized carbons (Fsp3) is 0.250. The van der Waals surface area contributed by atoms with Crippen LogP contribution in [0.3, 0.4) is 0 Å². The summed E-state index contributed by atoms with van der Waals surface area (Å²) in [4.78, 5) is 37.6. The number of anilines is 1. The van der Waals surface area contributed by atoms with E-state index in [-0.39, 0.29) is 40.2 Å². The Hall–Kier alpha value is -3.73. The maximum atomic E-state index is 12.7. The Labute approximate surface area is 181 Å². The molecule has 0 saturated carbocycles. The van der Waals surface area contributed by atoms with Crippen molar-refractivity contribution in [1.82, 2.24) is 9.78 Å². The maximum Gasteiger partial charge on any atom is 0.348 e. The first-order valence-corrected chi connectivity index (χ1v) is 10.3. The number of hydrogen-bond acceptors (Lipinski definition) is 9. The van der Waals surface area contributed by atoms with Crippen LogP contribution in [0.2, 0.25) is 0 Å². The molecule has 0 radical (unpaired) electrons. The second-order valence-electron chi connectivity index (χ2n) is 6.23. The van der Waals surface area contributed by atoms with Gasteiger partial charge in [0.15, 0.2) is 10.7 Å². The zero-order chi connectivity index (χ0) is 22.5. The minimum absolute atomic E-state index is 0.00850. The molecule has 0 spiro atoms. The molecule has 0 amide bonds. The number of thiophene rings is 1. The van der Waals surface area contributed by atoms with Crippen LogP contribution in [0.5, 0.6) is 0 Å². The van der Waals surface area contributed by atoms with E-state index in [1.807, 2.05) is 6.07 Å². The number of rotatable bonds is 7. The third-order valence-electron chi connectivity index (χ3n) is 4.22. The highest BCUT2D eigenvalue weighted by molar-refractivity contribution is 7.18. The van der Waals surface area contributed by atoms with Crippen molar-refractivity contribution in [2.24, 2.45) is 10.2 Å². The van der Waals surface area contributed by atoms with Crippen molar-refractivity contribution in [2.45, 2.75) is 20.8 Å². The predicted octanol–water partition coefficient (Wildman–Crippen LogP) is 3.89. The number of aromatic amines is 1. The molecule has 0 aliphatic heterocycles. The second kappa shape index (κ2) is 9.39. The molecule has 3 N–H and O–H groups in total. The highest BCUT2D eigenvalue weighted by Crippen LogP contribution is 2.37. The first-order valence-electron chi connectivity index (χ1n) is 9.44. The van der Waals surface area contributed by atoms with Gasteiger partial charge in [-0.15, -0.1) is 21.6 Å². The monoisotopic (exact) mass is 443 g/mol. The van der Waals surface area contributed by atoms with Crippen molar-refractivity contribution >= 4 is 39.8 Å². The van der Waals surface area contributed by atoms with Gasteiger partial charge in [0.25, 0.3) is 0 Å². The van der Waals surface area contributed by atoms with Crippen LogP contribution in [0.1, 0.15) is 39.4 Å². The molecule has 2 aromatic heterocycles.